The largest absolute Gasteiger partial charge is 0.455 e. The second-order valence-electron chi connectivity index (χ2n) is 6.33. The lowest BCUT2D eigenvalue weighted by Crippen LogP contribution is -2.33. The maximum absolute atomic E-state index is 13.2. The average molecular weight is 397 g/mol. The highest BCUT2D eigenvalue weighted by molar-refractivity contribution is 7.10. The molecule has 4 nitrogen and oxygen atoms in total. The maximum Gasteiger partial charge on any atom is 0.310 e. The zero-order chi connectivity index (χ0) is 19.9. The van der Waals surface area contributed by atoms with Crippen LogP contribution in [-0.2, 0) is 20.7 Å². The lowest BCUT2D eigenvalue weighted by atomic mass is 10.1. The van der Waals surface area contributed by atoms with Crippen LogP contribution in [0.2, 0.25) is 0 Å². The molecule has 0 bridgehead atoms. The van der Waals surface area contributed by atoms with Crippen molar-refractivity contribution in [2.24, 2.45) is 0 Å². The molecule has 1 N–H and O–H groups in total. The molecule has 3 aromatic rings. The third kappa shape index (κ3) is 5.27. The van der Waals surface area contributed by atoms with Crippen LogP contribution >= 0.6 is 11.3 Å². The topological polar surface area (TPSA) is 55.4 Å². The van der Waals surface area contributed by atoms with E-state index in [2.05, 4.69) is 5.32 Å². The van der Waals surface area contributed by atoms with Crippen LogP contribution in [0.15, 0.2) is 66.0 Å². The van der Waals surface area contributed by atoms with E-state index in [0.29, 0.717) is 0 Å². The van der Waals surface area contributed by atoms with Gasteiger partial charge in [0.2, 0.25) is 0 Å². The Hall–Kier alpha value is -2.99. The molecule has 0 spiro atoms. The summed E-state index contributed by atoms with van der Waals surface area (Å²) in [5.41, 5.74) is 2.62. The van der Waals surface area contributed by atoms with Gasteiger partial charge in [0.25, 0.3) is 5.91 Å². The predicted molar refractivity (Wildman–Crippen MR) is 107 cm³/mol. The third-order valence-corrected chi connectivity index (χ3v) is 5.23. The molecule has 144 valence electrons. The molecule has 3 rings (SSSR count). The first-order chi connectivity index (χ1) is 13.5. The minimum atomic E-state index is -0.459. The summed E-state index contributed by atoms with van der Waals surface area (Å²) in [6.07, 6.45) is 0.117. The number of ether oxygens (including phenoxy) is 1. The van der Waals surface area contributed by atoms with Crippen LogP contribution in [0.5, 0.6) is 0 Å². The number of carbonyl (C=O) groups is 2. The number of hydrogen-bond donors (Lipinski definition) is 1. The molecule has 0 aliphatic carbocycles. The molecule has 0 aliphatic heterocycles. The summed E-state index contributed by atoms with van der Waals surface area (Å²) < 4.78 is 18.4. The lowest BCUT2D eigenvalue weighted by molar-refractivity contribution is -0.148. The van der Waals surface area contributed by atoms with E-state index in [4.69, 9.17) is 4.74 Å². The molecule has 0 aliphatic rings. The highest BCUT2D eigenvalue weighted by Crippen LogP contribution is 2.26. The van der Waals surface area contributed by atoms with E-state index in [1.165, 1.54) is 23.5 Å². The minimum absolute atomic E-state index is 0.117. The fourth-order valence-electron chi connectivity index (χ4n) is 2.79. The predicted octanol–water partition coefficient (Wildman–Crippen LogP) is 4.19. The molecule has 0 radical (unpaired) electrons. The molecule has 0 unspecified atom stereocenters. The summed E-state index contributed by atoms with van der Waals surface area (Å²) >= 11 is 1.48. The Bertz CT molecular complexity index is 939. The van der Waals surface area contributed by atoms with Gasteiger partial charge in [-0.2, -0.15) is 0 Å². The highest BCUT2D eigenvalue weighted by Gasteiger charge is 2.19. The van der Waals surface area contributed by atoms with Crippen molar-refractivity contribution < 1.29 is 18.7 Å². The Kier molecular flexibility index (Phi) is 6.55. The van der Waals surface area contributed by atoms with Gasteiger partial charge in [-0.1, -0.05) is 42.5 Å². The Morgan fingerprint density at radius 1 is 1.07 bits per heavy atom. The number of amides is 1. The molecule has 1 amide bonds. The normalized spacial score (nSPS) is 11.6. The van der Waals surface area contributed by atoms with Gasteiger partial charge in [0, 0.05) is 4.88 Å². The van der Waals surface area contributed by atoms with Crippen molar-refractivity contribution in [1.29, 1.82) is 0 Å². The van der Waals surface area contributed by atoms with Gasteiger partial charge in [0.15, 0.2) is 6.61 Å². The fourth-order valence-corrected chi connectivity index (χ4v) is 3.60. The SMILES string of the molecule is Cc1ccccc1CC(=O)OCC(=O)N[C@@H](c1ccc(F)cc1)c1cccs1. The Morgan fingerprint density at radius 2 is 1.82 bits per heavy atom. The molecule has 1 aromatic heterocycles. The molecular formula is C22H20FNO3S. The third-order valence-electron chi connectivity index (χ3n) is 4.30. The number of rotatable bonds is 7. The maximum atomic E-state index is 13.2. The van der Waals surface area contributed by atoms with Crippen LogP contribution in [0, 0.1) is 12.7 Å². The molecule has 0 fully saturated rings. The number of hydrogen-bond acceptors (Lipinski definition) is 4. The fraction of sp³-hybridized carbons (Fsp3) is 0.182. The van der Waals surface area contributed by atoms with Gasteiger partial charge in [0.05, 0.1) is 12.5 Å². The molecule has 6 heteroatoms. The van der Waals surface area contributed by atoms with Gasteiger partial charge in [-0.3, -0.25) is 9.59 Å². The standard InChI is InChI=1S/C22H20FNO3S/c1-15-5-2-3-6-17(15)13-21(26)27-14-20(25)24-22(19-7-4-12-28-19)16-8-10-18(23)11-9-16/h2-12,22H,13-14H2,1H3,(H,24,25)/t22-/m0/s1. The molecule has 0 saturated heterocycles. The minimum Gasteiger partial charge on any atom is -0.455 e. The Labute approximate surface area is 167 Å². The van der Waals surface area contributed by atoms with Gasteiger partial charge in [0.1, 0.15) is 5.82 Å². The van der Waals surface area contributed by atoms with Crippen molar-refractivity contribution in [2.75, 3.05) is 6.61 Å². The number of benzene rings is 2. The van der Waals surface area contributed by atoms with Gasteiger partial charge >= 0.3 is 5.97 Å². The molecule has 0 saturated carbocycles. The number of nitrogens with one attached hydrogen (secondary N) is 1. The van der Waals surface area contributed by atoms with Gasteiger partial charge in [-0.05, 0) is 47.2 Å². The van der Waals surface area contributed by atoms with Crippen LogP contribution in [0.1, 0.15) is 27.6 Å². The van der Waals surface area contributed by atoms with E-state index >= 15 is 0 Å². The number of halogens is 1. The van der Waals surface area contributed by atoms with Gasteiger partial charge in [-0.25, -0.2) is 4.39 Å². The summed E-state index contributed by atoms with van der Waals surface area (Å²) in [6.45, 7) is 1.55. The van der Waals surface area contributed by atoms with Crippen LogP contribution < -0.4 is 5.32 Å². The van der Waals surface area contributed by atoms with Crippen molar-refractivity contribution in [3.63, 3.8) is 0 Å². The summed E-state index contributed by atoms with van der Waals surface area (Å²) in [4.78, 5) is 25.3. The first-order valence-corrected chi connectivity index (χ1v) is 9.69. The van der Waals surface area contributed by atoms with Crippen molar-refractivity contribution in [1.82, 2.24) is 5.32 Å². The van der Waals surface area contributed by atoms with Crippen LogP contribution in [-0.4, -0.2) is 18.5 Å². The van der Waals surface area contributed by atoms with Crippen molar-refractivity contribution in [2.45, 2.75) is 19.4 Å². The number of carbonyl (C=O) groups excluding carboxylic acids is 2. The Balaban J connectivity index is 1.60. The number of aryl methyl sites for hydroxylation is 1. The van der Waals surface area contributed by atoms with E-state index < -0.39 is 17.9 Å². The second-order valence-corrected chi connectivity index (χ2v) is 7.31. The van der Waals surface area contributed by atoms with Crippen molar-refractivity contribution >= 4 is 23.2 Å². The quantitative estimate of drug-likeness (QED) is 0.609. The summed E-state index contributed by atoms with van der Waals surface area (Å²) in [5.74, 6) is -1.22. The van der Waals surface area contributed by atoms with E-state index in [-0.39, 0.29) is 18.8 Å². The first kappa shape index (κ1) is 19.8. The monoisotopic (exact) mass is 397 g/mol. The zero-order valence-corrected chi connectivity index (χ0v) is 16.2. The summed E-state index contributed by atoms with van der Waals surface area (Å²) in [6, 6.07) is 16.8. The van der Waals surface area contributed by atoms with Crippen LogP contribution in [0.3, 0.4) is 0 Å². The molecule has 2 aromatic carbocycles. The van der Waals surface area contributed by atoms with E-state index in [1.54, 1.807) is 12.1 Å². The van der Waals surface area contributed by atoms with Gasteiger partial charge < -0.3 is 10.1 Å². The van der Waals surface area contributed by atoms with Crippen molar-refractivity contribution in [3.05, 3.63) is 93.4 Å². The molecule has 1 atom stereocenters. The average Bonchev–Trinajstić information content (AvgIpc) is 3.22. The van der Waals surface area contributed by atoms with Crippen LogP contribution in [0.25, 0.3) is 0 Å². The Morgan fingerprint density at radius 3 is 2.50 bits per heavy atom. The lowest BCUT2D eigenvalue weighted by Gasteiger charge is -2.18. The number of esters is 1. The van der Waals surface area contributed by atoms with Crippen molar-refractivity contribution in [3.8, 4) is 0 Å². The van der Waals surface area contributed by atoms with E-state index in [0.717, 1.165) is 21.6 Å². The van der Waals surface area contributed by atoms with Gasteiger partial charge in [-0.15, -0.1) is 11.3 Å². The summed E-state index contributed by atoms with van der Waals surface area (Å²) in [7, 11) is 0. The second kappa shape index (κ2) is 9.28. The molecule has 28 heavy (non-hydrogen) atoms. The molecular weight excluding hydrogens is 377 g/mol. The van der Waals surface area contributed by atoms with E-state index in [9.17, 15) is 14.0 Å². The zero-order valence-electron chi connectivity index (χ0n) is 15.4. The smallest absolute Gasteiger partial charge is 0.310 e. The first-order valence-electron chi connectivity index (χ1n) is 8.81. The van der Waals surface area contributed by atoms with E-state index in [1.807, 2.05) is 48.7 Å². The molecule has 1 heterocycles. The number of thiophene rings is 1. The summed E-state index contributed by atoms with van der Waals surface area (Å²) in [5, 5.41) is 4.76. The highest BCUT2D eigenvalue weighted by atomic mass is 32.1. The van der Waals surface area contributed by atoms with Crippen LogP contribution in [0.4, 0.5) is 4.39 Å².